The van der Waals surface area contributed by atoms with Crippen LogP contribution in [0.25, 0.3) is 11.8 Å². The van der Waals surface area contributed by atoms with Gasteiger partial charge in [-0.1, -0.05) is 11.3 Å². The summed E-state index contributed by atoms with van der Waals surface area (Å²) < 4.78 is 5.54. The van der Waals surface area contributed by atoms with Crippen molar-refractivity contribution in [2.45, 2.75) is 6.92 Å². The average molecular weight is 248 g/mol. The standard InChI is InChI=1S/C11H12N4OS/c1-2-16-9(10-14-15-11(12)17-10)7-8-3-5-13-6-4-8/h3-7H,2H2,1H3,(H2,12,15)/b9-7-. The van der Waals surface area contributed by atoms with Crippen molar-refractivity contribution in [3.8, 4) is 0 Å². The van der Waals surface area contributed by atoms with Crippen molar-refractivity contribution < 1.29 is 4.74 Å². The second-order valence-corrected chi connectivity index (χ2v) is 4.18. The molecule has 2 heterocycles. The second kappa shape index (κ2) is 5.40. The summed E-state index contributed by atoms with van der Waals surface area (Å²) in [6, 6.07) is 3.78. The van der Waals surface area contributed by atoms with Crippen LogP contribution in [-0.4, -0.2) is 21.8 Å². The average Bonchev–Trinajstić information content (AvgIpc) is 2.77. The Morgan fingerprint density at radius 3 is 2.76 bits per heavy atom. The number of anilines is 1. The van der Waals surface area contributed by atoms with Gasteiger partial charge in [0, 0.05) is 12.4 Å². The highest BCUT2D eigenvalue weighted by atomic mass is 32.1. The molecule has 0 amide bonds. The van der Waals surface area contributed by atoms with Crippen LogP contribution in [0.5, 0.6) is 0 Å². The van der Waals surface area contributed by atoms with E-state index in [1.807, 2.05) is 25.1 Å². The van der Waals surface area contributed by atoms with Crippen molar-refractivity contribution in [1.82, 2.24) is 15.2 Å². The Balaban J connectivity index is 2.32. The molecular formula is C11H12N4OS. The second-order valence-electron chi connectivity index (χ2n) is 3.17. The Hall–Kier alpha value is -1.95. The van der Waals surface area contributed by atoms with Gasteiger partial charge in [0.15, 0.2) is 10.8 Å². The third kappa shape index (κ3) is 3.01. The molecule has 2 N–H and O–H groups in total. The van der Waals surface area contributed by atoms with Crippen LogP contribution >= 0.6 is 11.3 Å². The number of rotatable bonds is 4. The fourth-order valence-electron chi connectivity index (χ4n) is 1.27. The Morgan fingerprint density at radius 2 is 2.18 bits per heavy atom. The lowest BCUT2D eigenvalue weighted by Crippen LogP contribution is -1.91. The van der Waals surface area contributed by atoms with Crippen LogP contribution in [0, 0.1) is 0 Å². The molecule has 0 aliphatic rings. The number of nitrogens with zero attached hydrogens (tertiary/aromatic N) is 3. The Morgan fingerprint density at radius 1 is 1.41 bits per heavy atom. The Labute approximate surface area is 103 Å². The molecule has 0 saturated carbocycles. The molecule has 0 fully saturated rings. The summed E-state index contributed by atoms with van der Waals surface area (Å²) in [5, 5.41) is 8.85. The molecule has 0 unspecified atom stereocenters. The van der Waals surface area contributed by atoms with E-state index in [1.165, 1.54) is 11.3 Å². The van der Waals surface area contributed by atoms with Crippen molar-refractivity contribution in [2.75, 3.05) is 12.3 Å². The molecule has 6 heteroatoms. The third-order valence-corrected chi connectivity index (χ3v) is 2.72. The minimum Gasteiger partial charge on any atom is -0.491 e. The van der Waals surface area contributed by atoms with Crippen LogP contribution in [0.1, 0.15) is 17.5 Å². The normalized spacial score (nSPS) is 11.5. The van der Waals surface area contributed by atoms with E-state index in [2.05, 4.69) is 15.2 Å². The van der Waals surface area contributed by atoms with Gasteiger partial charge in [0.1, 0.15) is 0 Å². The predicted molar refractivity (Wildman–Crippen MR) is 68.1 cm³/mol. The van der Waals surface area contributed by atoms with Crippen molar-refractivity contribution >= 4 is 28.3 Å². The van der Waals surface area contributed by atoms with Gasteiger partial charge in [0.2, 0.25) is 5.13 Å². The molecule has 2 aromatic rings. The topological polar surface area (TPSA) is 73.9 Å². The fraction of sp³-hybridized carbons (Fsp3) is 0.182. The number of hydrogen-bond acceptors (Lipinski definition) is 6. The summed E-state index contributed by atoms with van der Waals surface area (Å²) in [5.74, 6) is 0.674. The molecule has 0 aromatic carbocycles. The number of nitrogen functional groups attached to an aromatic ring is 1. The van der Waals surface area contributed by atoms with E-state index in [0.717, 1.165) is 5.56 Å². The van der Waals surface area contributed by atoms with Crippen molar-refractivity contribution in [3.05, 3.63) is 35.1 Å². The van der Waals surface area contributed by atoms with Gasteiger partial charge in [-0.2, -0.15) is 0 Å². The fourth-order valence-corrected chi connectivity index (χ4v) is 1.85. The molecule has 0 aliphatic heterocycles. The third-order valence-electron chi connectivity index (χ3n) is 1.96. The van der Waals surface area contributed by atoms with E-state index >= 15 is 0 Å². The van der Waals surface area contributed by atoms with Gasteiger partial charge in [-0.05, 0) is 30.7 Å². The van der Waals surface area contributed by atoms with E-state index < -0.39 is 0 Å². The van der Waals surface area contributed by atoms with E-state index in [4.69, 9.17) is 10.5 Å². The molecule has 88 valence electrons. The zero-order valence-electron chi connectivity index (χ0n) is 9.33. The first kappa shape index (κ1) is 11.5. The van der Waals surface area contributed by atoms with Crippen molar-refractivity contribution in [2.24, 2.45) is 0 Å². The Kier molecular flexibility index (Phi) is 3.66. The maximum absolute atomic E-state index is 5.56. The Bertz CT molecular complexity index is 509. The highest BCUT2D eigenvalue weighted by Gasteiger charge is 2.08. The van der Waals surface area contributed by atoms with E-state index in [1.54, 1.807) is 12.4 Å². The van der Waals surface area contributed by atoms with Crippen LogP contribution in [0.15, 0.2) is 24.5 Å². The first-order chi connectivity index (χ1) is 8.29. The molecule has 5 nitrogen and oxygen atoms in total. The molecule has 0 radical (unpaired) electrons. The number of aromatic nitrogens is 3. The van der Waals surface area contributed by atoms with Crippen LogP contribution in [0.4, 0.5) is 5.13 Å². The summed E-state index contributed by atoms with van der Waals surface area (Å²) in [6.07, 6.45) is 5.35. The largest absolute Gasteiger partial charge is 0.491 e. The van der Waals surface area contributed by atoms with Crippen LogP contribution in [0.3, 0.4) is 0 Å². The maximum Gasteiger partial charge on any atom is 0.203 e. The summed E-state index contributed by atoms with van der Waals surface area (Å²) in [7, 11) is 0. The van der Waals surface area contributed by atoms with Gasteiger partial charge in [-0.25, -0.2) is 0 Å². The number of ether oxygens (including phenoxy) is 1. The number of nitrogens with two attached hydrogens (primary N) is 1. The van der Waals surface area contributed by atoms with E-state index in [0.29, 0.717) is 22.5 Å². The predicted octanol–water partition coefficient (Wildman–Crippen LogP) is 2.05. The van der Waals surface area contributed by atoms with Crippen molar-refractivity contribution in [1.29, 1.82) is 0 Å². The lowest BCUT2D eigenvalue weighted by atomic mass is 10.2. The van der Waals surface area contributed by atoms with Crippen LogP contribution in [0.2, 0.25) is 0 Å². The van der Waals surface area contributed by atoms with Gasteiger partial charge in [-0.15, -0.1) is 10.2 Å². The summed E-state index contributed by atoms with van der Waals surface area (Å²) >= 11 is 1.30. The smallest absolute Gasteiger partial charge is 0.203 e. The molecule has 2 aromatic heterocycles. The summed E-state index contributed by atoms with van der Waals surface area (Å²) in [6.45, 7) is 2.49. The first-order valence-corrected chi connectivity index (χ1v) is 5.95. The van der Waals surface area contributed by atoms with Crippen molar-refractivity contribution in [3.63, 3.8) is 0 Å². The minimum absolute atomic E-state index is 0.431. The monoisotopic (exact) mass is 248 g/mol. The summed E-state index contributed by atoms with van der Waals surface area (Å²) in [4.78, 5) is 3.96. The van der Waals surface area contributed by atoms with Gasteiger partial charge >= 0.3 is 0 Å². The van der Waals surface area contributed by atoms with Gasteiger partial charge in [-0.3, -0.25) is 4.98 Å². The van der Waals surface area contributed by atoms with E-state index in [-0.39, 0.29) is 0 Å². The molecular weight excluding hydrogens is 236 g/mol. The zero-order valence-corrected chi connectivity index (χ0v) is 10.1. The highest BCUT2D eigenvalue weighted by Crippen LogP contribution is 2.23. The van der Waals surface area contributed by atoms with Gasteiger partial charge in [0.25, 0.3) is 0 Å². The molecule has 2 rings (SSSR count). The zero-order chi connectivity index (χ0) is 12.1. The molecule has 0 saturated heterocycles. The van der Waals surface area contributed by atoms with Crippen LogP contribution in [-0.2, 0) is 4.74 Å². The molecule has 0 atom stereocenters. The van der Waals surface area contributed by atoms with Crippen LogP contribution < -0.4 is 5.73 Å². The highest BCUT2D eigenvalue weighted by molar-refractivity contribution is 7.16. The lowest BCUT2D eigenvalue weighted by molar-refractivity contribution is 0.300. The first-order valence-electron chi connectivity index (χ1n) is 5.13. The molecule has 0 aliphatic carbocycles. The lowest BCUT2D eigenvalue weighted by Gasteiger charge is -2.04. The number of hydrogen-bond donors (Lipinski definition) is 1. The SMILES string of the molecule is CCO/C(=C\c1ccncc1)c1nnc(N)s1. The van der Waals surface area contributed by atoms with Gasteiger partial charge in [0.05, 0.1) is 6.61 Å². The minimum atomic E-state index is 0.431. The quantitative estimate of drug-likeness (QED) is 0.838. The maximum atomic E-state index is 5.56. The van der Waals surface area contributed by atoms with E-state index in [9.17, 15) is 0 Å². The van der Waals surface area contributed by atoms with Gasteiger partial charge < -0.3 is 10.5 Å². The molecule has 0 bridgehead atoms. The number of pyridine rings is 1. The molecule has 17 heavy (non-hydrogen) atoms. The summed E-state index contributed by atoms with van der Waals surface area (Å²) in [5.41, 5.74) is 6.56. The molecule has 0 spiro atoms.